The fourth-order valence-corrected chi connectivity index (χ4v) is 5.05. The Morgan fingerprint density at radius 1 is 1.21 bits per heavy atom. The molecule has 3 aromatic rings. The quantitative estimate of drug-likeness (QED) is 0.718. The zero-order valence-corrected chi connectivity index (χ0v) is 15.8. The number of nitrogens with zero attached hydrogens (tertiary/aromatic N) is 3. The Labute approximate surface area is 167 Å². The lowest BCUT2D eigenvalue weighted by molar-refractivity contribution is -0.122. The first-order chi connectivity index (χ1) is 14.1. The number of amides is 2. The van der Waals surface area contributed by atoms with Gasteiger partial charge in [-0.25, -0.2) is 4.98 Å². The number of carbonyl (C=O) groups excluding carboxylic acids is 2. The Hall–Kier alpha value is -3.48. The maximum atomic E-state index is 13.1. The highest BCUT2D eigenvalue weighted by Crippen LogP contribution is 2.82. The number of aromatic nitrogens is 3. The van der Waals surface area contributed by atoms with Crippen LogP contribution in [0.2, 0.25) is 0 Å². The third kappa shape index (κ3) is 2.18. The Bertz CT molecular complexity index is 1140. The summed E-state index contributed by atoms with van der Waals surface area (Å²) >= 11 is 0. The molecule has 4 aliphatic rings. The van der Waals surface area contributed by atoms with Crippen molar-refractivity contribution in [2.24, 2.45) is 11.8 Å². The summed E-state index contributed by atoms with van der Waals surface area (Å²) in [5.74, 6) is 0.931. The summed E-state index contributed by atoms with van der Waals surface area (Å²) in [5.41, 5.74) is 2.60. The third-order valence-corrected chi connectivity index (χ3v) is 6.54. The van der Waals surface area contributed by atoms with E-state index in [1.54, 1.807) is 24.2 Å². The Balaban J connectivity index is 1.22. The molecular formula is C22H19N5O2. The van der Waals surface area contributed by atoms with Crippen LogP contribution >= 0.6 is 0 Å². The van der Waals surface area contributed by atoms with E-state index in [1.807, 2.05) is 42.5 Å². The molecule has 2 aromatic heterocycles. The molecule has 0 radical (unpaired) electrons. The van der Waals surface area contributed by atoms with Gasteiger partial charge in [-0.15, -0.1) is 0 Å². The lowest BCUT2D eigenvalue weighted by Crippen LogP contribution is -2.54. The molecule has 0 saturated heterocycles. The van der Waals surface area contributed by atoms with Crippen LogP contribution in [-0.2, 0) is 11.2 Å². The summed E-state index contributed by atoms with van der Waals surface area (Å²) in [5, 5.41) is 10.1. The number of anilines is 1. The van der Waals surface area contributed by atoms with Crippen LogP contribution in [0.4, 0.5) is 5.82 Å². The van der Waals surface area contributed by atoms with Gasteiger partial charge in [0.2, 0.25) is 0 Å². The third-order valence-electron chi connectivity index (χ3n) is 6.54. The molecule has 1 aromatic carbocycles. The molecule has 1 unspecified atom stereocenters. The van der Waals surface area contributed by atoms with Gasteiger partial charge in [0, 0.05) is 37.2 Å². The first kappa shape index (κ1) is 16.5. The van der Waals surface area contributed by atoms with Gasteiger partial charge in [-0.1, -0.05) is 36.4 Å². The molecule has 2 amide bonds. The molecule has 2 aliphatic heterocycles. The molecule has 4 atom stereocenters. The van der Waals surface area contributed by atoms with Crippen LogP contribution in [0.25, 0.3) is 0 Å². The van der Waals surface area contributed by atoms with Gasteiger partial charge >= 0.3 is 0 Å². The van der Waals surface area contributed by atoms with Gasteiger partial charge in [-0.3, -0.25) is 19.6 Å². The first-order valence-corrected chi connectivity index (χ1v) is 9.75. The first-order valence-electron chi connectivity index (χ1n) is 9.75. The molecule has 7 heteroatoms. The van der Waals surface area contributed by atoms with Crippen LogP contribution in [0.1, 0.15) is 33.2 Å². The van der Waals surface area contributed by atoms with Crippen LogP contribution in [0.15, 0.2) is 54.7 Å². The van der Waals surface area contributed by atoms with Gasteiger partial charge in [-0.2, -0.15) is 5.10 Å². The smallest absolute Gasteiger partial charge is 0.272 e. The number of fused-ring (bicyclic) bond motifs is 1. The topological polar surface area (TPSA) is 91.0 Å². The van der Waals surface area contributed by atoms with Crippen molar-refractivity contribution >= 4 is 17.6 Å². The summed E-state index contributed by atoms with van der Waals surface area (Å²) in [6, 6.07) is 15.7. The number of hydrogen-bond acceptors (Lipinski definition) is 4. The molecule has 144 valence electrons. The highest BCUT2D eigenvalue weighted by Gasteiger charge is 2.90. The number of nitrogens with one attached hydrogen (secondary N) is 2. The van der Waals surface area contributed by atoms with Gasteiger partial charge in [0.15, 0.2) is 0 Å². The van der Waals surface area contributed by atoms with Crippen molar-refractivity contribution in [2.75, 3.05) is 11.9 Å². The second kappa shape index (κ2) is 5.53. The number of H-pyrrole nitrogens is 1. The highest BCUT2D eigenvalue weighted by molar-refractivity contribution is 6.10. The predicted octanol–water partition coefficient (Wildman–Crippen LogP) is 1.88. The van der Waals surface area contributed by atoms with E-state index in [1.165, 1.54) is 0 Å². The number of hydrogen-bond donors (Lipinski definition) is 2. The largest absolute Gasteiger partial charge is 0.336 e. The van der Waals surface area contributed by atoms with Crippen molar-refractivity contribution < 1.29 is 9.59 Å². The summed E-state index contributed by atoms with van der Waals surface area (Å²) in [6.45, 7) is 0. The number of benzene rings is 1. The predicted molar refractivity (Wildman–Crippen MR) is 105 cm³/mol. The lowest BCUT2D eigenvalue weighted by atomic mass is 9.93. The fourth-order valence-electron chi connectivity index (χ4n) is 5.05. The lowest BCUT2D eigenvalue weighted by Gasteiger charge is -2.25. The van der Waals surface area contributed by atoms with E-state index < -0.39 is 5.54 Å². The van der Waals surface area contributed by atoms with E-state index in [9.17, 15) is 9.59 Å². The van der Waals surface area contributed by atoms with Crippen molar-refractivity contribution in [2.45, 2.75) is 17.9 Å². The van der Waals surface area contributed by atoms with E-state index in [-0.39, 0.29) is 23.7 Å². The molecule has 4 heterocycles. The fraction of sp³-hybridized carbons (Fsp3) is 0.273. The average Bonchev–Trinajstić information content (AvgIpc) is 3.60. The van der Waals surface area contributed by atoms with Gasteiger partial charge in [0.25, 0.3) is 11.8 Å². The molecule has 2 saturated carbocycles. The molecule has 2 aliphatic carbocycles. The SMILES string of the molecule is CN1C(=O)[C@]2(NC(=O)c3cc(Cc4ccccc4)[nH]n3)C3[C@@H](c4cccnc41)[C@H]32. The van der Waals surface area contributed by atoms with Crippen molar-refractivity contribution in [3.63, 3.8) is 0 Å². The van der Waals surface area contributed by atoms with E-state index in [4.69, 9.17) is 0 Å². The minimum absolute atomic E-state index is 0.0883. The zero-order chi connectivity index (χ0) is 19.8. The van der Waals surface area contributed by atoms with E-state index >= 15 is 0 Å². The van der Waals surface area contributed by atoms with E-state index in [2.05, 4.69) is 20.5 Å². The molecular weight excluding hydrogens is 366 g/mol. The monoisotopic (exact) mass is 385 g/mol. The minimum atomic E-state index is -0.810. The van der Waals surface area contributed by atoms with Gasteiger partial charge in [-0.05, 0) is 29.2 Å². The summed E-state index contributed by atoms with van der Waals surface area (Å²) < 4.78 is 0. The van der Waals surface area contributed by atoms with E-state index in [0.717, 1.165) is 16.8 Å². The normalized spacial score (nSPS) is 28.2. The van der Waals surface area contributed by atoms with Crippen molar-refractivity contribution in [1.29, 1.82) is 0 Å². The summed E-state index contributed by atoms with van der Waals surface area (Å²) in [4.78, 5) is 32.0. The number of rotatable bonds is 4. The molecule has 0 spiro atoms. The van der Waals surface area contributed by atoms with Crippen LogP contribution in [0.3, 0.4) is 0 Å². The van der Waals surface area contributed by atoms with Crippen LogP contribution in [0.5, 0.6) is 0 Å². The number of pyridine rings is 1. The summed E-state index contributed by atoms with van der Waals surface area (Å²) in [6.07, 6.45) is 2.37. The van der Waals surface area contributed by atoms with Gasteiger partial charge in [0.1, 0.15) is 17.1 Å². The number of carbonyl (C=O) groups is 2. The molecule has 29 heavy (non-hydrogen) atoms. The summed E-state index contributed by atoms with van der Waals surface area (Å²) in [7, 11) is 1.73. The van der Waals surface area contributed by atoms with E-state index in [0.29, 0.717) is 23.9 Å². The number of likely N-dealkylation sites (N-methyl/N-ethyl adjacent to an activating group) is 1. The van der Waals surface area contributed by atoms with Crippen LogP contribution in [-0.4, -0.2) is 39.6 Å². The Morgan fingerprint density at radius 3 is 2.79 bits per heavy atom. The Morgan fingerprint density at radius 2 is 2.00 bits per heavy atom. The van der Waals surface area contributed by atoms with Gasteiger partial charge < -0.3 is 5.32 Å². The van der Waals surface area contributed by atoms with Crippen molar-refractivity contribution in [3.05, 3.63) is 77.2 Å². The van der Waals surface area contributed by atoms with Crippen LogP contribution in [0, 0.1) is 11.8 Å². The molecule has 7 nitrogen and oxygen atoms in total. The molecule has 2 bridgehead atoms. The number of aromatic amines is 1. The average molecular weight is 385 g/mol. The maximum absolute atomic E-state index is 13.1. The van der Waals surface area contributed by atoms with Gasteiger partial charge in [0.05, 0.1) is 0 Å². The van der Waals surface area contributed by atoms with Crippen LogP contribution < -0.4 is 10.2 Å². The molecule has 2 N–H and O–H groups in total. The van der Waals surface area contributed by atoms with Crippen molar-refractivity contribution in [3.8, 4) is 0 Å². The molecule has 7 rings (SSSR count). The zero-order valence-electron chi connectivity index (χ0n) is 15.8. The maximum Gasteiger partial charge on any atom is 0.272 e. The minimum Gasteiger partial charge on any atom is -0.336 e. The second-order valence-corrected chi connectivity index (χ2v) is 8.12. The van der Waals surface area contributed by atoms with Crippen molar-refractivity contribution in [1.82, 2.24) is 20.5 Å². The highest BCUT2D eigenvalue weighted by atomic mass is 16.2. The molecule has 2 fully saturated rings. The Kier molecular flexibility index (Phi) is 3.14. The second-order valence-electron chi connectivity index (χ2n) is 8.12. The standard InChI is InChI=1S/C22H19N5O2/c1-27-19-14(8-5-9-23-19)16-17-18(16)22(17,21(27)29)24-20(28)15-11-13(25-26-15)10-12-6-3-2-4-7-12/h2-9,11,16-18H,10H2,1H3,(H,24,28)(H,25,26)/t16-,17+,18?,22+/m0/s1.